The molecule has 1 rings (SSSR count). The van der Waals surface area contributed by atoms with Crippen LogP contribution in [0.2, 0.25) is 0 Å². The Hall–Kier alpha value is -1.26. The molecule has 0 aromatic heterocycles. The fraction of sp³-hybridized carbons (Fsp3) is 0.571. The zero-order chi connectivity index (χ0) is 13.2. The summed E-state index contributed by atoms with van der Waals surface area (Å²) in [6, 6.07) is 6.00. The van der Waals surface area contributed by atoms with Crippen LogP contribution >= 0.6 is 0 Å². The second-order valence-electron chi connectivity index (χ2n) is 4.18. The van der Waals surface area contributed by atoms with Crippen molar-refractivity contribution >= 4 is 0 Å². The third-order valence-corrected chi connectivity index (χ3v) is 2.78. The molecule has 0 amide bonds. The minimum Gasteiger partial charge on any atom is -0.497 e. The Kier molecular flexibility index (Phi) is 7.22. The van der Waals surface area contributed by atoms with Crippen LogP contribution in [0.4, 0.5) is 0 Å². The van der Waals surface area contributed by atoms with Gasteiger partial charge in [0.2, 0.25) is 0 Å². The highest BCUT2D eigenvalue weighted by Crippen LogP contribution is 2.22. The molecule has 102 valence electrons. The molecule has 0 bridgehead atoms. The van der Waals surface area contributed by atoms with Crippen molar-refractivity contribution in [2.24, 2.45) is 0 Å². The quantitative estimate of drug-likeness (QED) is 0.653. The predicted molar refractivity (Wildman–Crippen MR) is 74.7 cm³/mol. The molecule has 0 heterocycles. The van der Waals surface area contributed by atoms with E-state index in [4.69, 9.17) is 9.47 Å². The zero-order valence-corrected chi connectivity index (χ0v) is 11.6. The van der Waals surface area contributed by atoms with E-state index in [1.807, 2.05) is 13.1 Å². The summed E-state index contributed by atoms with van der Waals surface area (Å²) < 4.78 is 10.5. The second-order valence-corrected chi connectivity index (χ2v) is 4.18. The Bertz CT molecular complexity index is 320. The molecule has 18 heavy (non-hydrogen) atoms. The Balaban J connectivity index is 2.36. The maximum Gasteiger partial charge on any atom is 0.122 e. The van der Waals surface area contributed by atoms with E-state index in [0.717, 1.165) is 44.0 Å². The molecule has 0 radical (unpaired) electrons. The molecular formula is C14H24N2O2. The van der Waals surface area contributed by atoms with Crippen LogP contribution < -0.4 is 20.1 Å². The summed E-state index contributed by atoms with van der Waals surface area (Å²) in [5.74, 6) is 1.69. The maximum atomic E-state index is 5.25. The van der Waals surface area contributed by atoms with E-state index >= 15 is 0 Å². The van der Waals surface area contributed by atoms with E-state index < -0.39 is 0 Å². The average molecular weight is 252 g/mol. The highest BCUT2D eigenvalue weighted by molar-refractivity contribution is 5.38. The molecule has 1 aromatic carbocycles. The first-order valence-electron chi connectivity index (χ1n) is 6.37. The Morgan fingerprint density at radius 1 is 0.944 bits per heavy atom. The highest BCUT2D eigenvalue weighted by Gasteiger charge is 2.01. The standard InChI is InChI=1S/C14H24N2O2/c1-15-6-4-7-16-8-5-12-9-13(17-2)11-14(10-12)18-3/h9-11,15-16H,4-8H2,1-3H3. The van der Waals surface area contributed by atoms with Gasteiger partial charge >= 0.3 is 0 Å². The van der Waals surface area contributed by atoms with E-state index in [2.05, 4.69) is 22.8 Å². The number of benzene rings is 1. The molecule has 4 nitrogen and oxygen atoms in total. The van der Waals surface area contributed by atoms with Gasteiger partial charge in [0.05, 0.1) is 14.2 Å². The summed E-state index contributed by atoms with van der Waals surface area (Å²) in [5, 5.41) is 6.56. The maximum absolute atomic E-state index is 5.25. The number of ether oxygens (including phenoxy) is 2. The molecule has 0 aliphatic rings. The van der Waals surface area contributed by atoms with Gasteiger partial charge in [-0.25, -0.2) is 0 Å². The van der Waals surface area contributed by atoms with Gasteiger partial charge in [0.15, 0.2) is 0 Å². The van der Waals surface area contributed by atoms with Crippen LogP contribution in [0.3, 0.4) is 0 Å². The van der Waals surface area contributed by atoms with Crippen LogP contribution in [0, 0.1) is 0 Å². The first-order valence-corrected chi connectivity index (χ1v) is 6.37. The van der Waals surface area contributed by atoms with Crippen molar-refractivity contribution in [3.05, 3.63) is 23.8 Å². The summed E-state index contributed by atoms with van der Waals surface area (Å²) in [4.78, 5) is 0. The fourth-order valence-electron chi connectivity index (χ4n) is 1.76. The average Bonchev–Trinajstić information content (AvgIpc) is 2.42. The minimum atomic E-state index is 0.847. The lowest BCUT2D eigenvalue weighted by atomic mass is 10.1. The Labute approximate surface area is 110 Å². The van der Waals surface area contributed by atoms with Crippen LogP contribution in [0.25, 0.3) is 0 Å². The van der Waals surface area contributed by atoms with Gasteiger partial charge in [-0.15, -0.1) is 0 Å². The largest absolute Gasteiger partial charge is 0.497 e. The van der Waals surface area contributed by atoms with Crippen molar-refractivity contribution in [2.45, 2.75) is 12.8 Å². The number of nitrogens with one attached hydrogen (secondary N) is 2. The van der Waals surface area contributed by atoms with E-state index in [1.165, 1.54) is 5.56 Å². The van der Waals surface area contributed by atoms with Crippen molar-refractivity contribution in [3.8, 4) is 11.5 Å². The number of methoxy groups -OCH3 is 2. The molecule has 4 heteroatoms. The third-order valence-electron chi connectivity index (χ3n) is 2.78. The van der Waals surface area contributed by atoms with Gasteiger partial charge in [-0.1, -0.05) is 0 Å². The molecule has 0 aliphatic heterocycles. The zero-order valence-electron chi connectivity index (χ0n) is 11.6. The monoisotopic (exact) mass is 252 g/mol. The van der Waals surface area contributed by atoms with Gasteiger partial charge in [-0.05, 0) is 57.2 Å². The van der Waals surface area contributed by atoms with E-state index in [-0.39, 0.29) is 0 Å². The van der Waals surface area contributed by atoms with Crippen LogP contribution in [-0.4, -0.2) is 40.9 Å². The summed E-state index contributed by atoms with van der Waals surface area (Å²) in [5.41, 5.74) is 1.23. The van der Waals surface area contributed by atoms with E-state index in [9.17, 15) is 0 Å². The number of hydrogen-bond acceptors (Lipinski definition) is 4. The number of rotatable bonds is 9. The number of hydrogen-bond donors (Lipinski definition) is 2. The molecule has 0 unspecified atom stereocenters. The van der Waals surface area contributed by atoms with Crippen LogP contribution in [0.15, 0.2) is 18.2 Å². The smallest absolute Gasteiger partial charge is 0.122 e. The third kappa shape index (κ3) is 5.38. The lowest BCUT2D eigenvalue weighted by molar-refractivity contribution is 0.393. The lowest BCUT2D eigenvalue weighted by Gasteiger charge is -2.09. The molecule has 0 aliphatic carbocycles. The van der Waals surface area contributed by atoms with Crippen LogP contribution in [0.1, 0.15) is 12.0 Å². The lowest BCUT2D eigenvalue weighted by Crippen LogP contribution is -2.21. The normalized spacial score (nSPS) is 10.4. The van der Waals surface area contributed by atoms with Gasteiger partial charge in [0, 0.05) is 6.07 Å². The van der Waals surface area contributed by atoms with Crippen LogP contribution in [0.5, 0.6) is 11.5 Å². The SMILES string of the molecule is CNCCCNCCc1cc(OC)cc(OC)c1. The Morgan fingerprint density at radius 3 is 2.17 bits per heavy atom. The summed E-state index contributed by atoms with van der Waals surface area (Å²) >= 11 is 0. The van der Waals surface area contributed by atoms with Gasteiger partial charge in [0.1, 0.15) is 11.5 Å². The van der Waals surface area contributed by atoms with Gasteiger partial charge in [-0.2, -0.15) is 0 Å². The minimum absolute atomic E-state index is 0.847. The molecule has 0 saturated carbocycles. The van der Waals surface area contributed by atoms with Crippen molar-refractivity contribution in [2.75, 3.05) is 40.9 Å². The van der Waals surface area contributed by atoms with E-state index in [0.29, 0.717) is 0 Å². The van der Waals surface area contributed by atoms with Gasteiger partial charge in [-0.3, -0.25) is 0 Å². The first-order chi connectivity index (χ1) is 8.80. The molecular weight excluding hydrogens is 228 g/mol. The molecule has 0 spiro atoms. The summed E-state index contributed by atoms with van der Waals surface area (Å²) in [6.45, 7) is 3.07. The predicted octanol–water partition coefficient (Wildman–Crippen LogP) is 1.45. The van der Waals surface area contributed by atoms with Crippen molar-refractivity contribution in [1.82, 2.24) is 10.6 Å². The van der Waals surface area contributed by atoms with Crippen molar-refractivity contribution < 1.29 is 9.47 Å². The van der Waals surface area contributed by atoms with Crippen molar-refractivity contribution in [3.63, 3.8) is 0 Å². The molecule has 0 atom stereocenters. The first kappa shape index (κ1) is 14.8. The summed E-state index contributed by atoms with van der Waals surface area (Å²) in [6.07, 6.45) is 2.13. The highest BCUT2D eigenvalue weighted by atomic mass is 16.5. The topological polar surface area (TPSA) is 42.5 Å². The van der Waals surface area contributed by atoms with Gasteiger partial charge in [0.25, 0.3) is 0 Å². The molecule has 0 saturated heterocycles. The van der Waals surface area contributed by atoms with E-state index in [1.54, 1.807) is 14.2 Å². The van der Waals surface area contributed by atoms with Crippen LogP contribution in [-0.2, 0) is 6.42 Å². The molecule has 0 fully saturated rings. The summed E-state index contributed by atoms with van der Waals surface area (Å²) in [7, 11) is 5.33. The fourth-order valence-corrected chi connectivity index (χ4v) is 1.76. The molecule has 1 aromatic rings. The van der Waals surface area contributed by atoms with Crippen molar-refractivity contribution in [1.29, 1.82) is 0 Å². The Morgan fingerprint density at radius 2 is 1.61 bits per heavy atom. The molecule has 2 N–H and O–H groups in total. The van der Waals surface area contributed by atoms with Gasteiger partial charge < -0.3 is 20.1 Å². The second kappa shape index (κ2) is 8.78.